The number of carbonyl (C=O) groups excluding carboxylic acids is 2. The Labute approximate surface area is 101 Å². The van der Waals surface area contributed by atoms with Gasteiger partial charge in [0, 0.05) is 13.1 Å². The monoisotopic (exact) mass is 241 g/mol. The van der Waals surface area contributed by atoms with Crippen LogP contribution < -0.4 is 10.6 Å². The lowest BCUT2D eigenvalue weighted by molar-refractivity contribution is -0.147. The zero-order valence-corrected chi connectivity index (χ0v) is 10.1. The van der Waals surface area contributed by atoms with Crippen LogP contribution in [0.3, 0.4) is 0 Å². The van der Waals surface area contributed by atoms with Gasteiger partial charge in [-0.2, -0.15) is 0 Å². The van der Waals surface area contributed by atoms with E-state index in [-0.39, 0.29) is 24.1 Å². The highest BCUT2D eigenvalue weighted by molar-refractivity contribution is 5.76. The first-order chi connectivity index (χ1) is 8.22. The summed E-state index contributed by atoms with van der Waals surface area (Å²) in [6.07, 6.45) is 2.32. The van der Waals surface area contributed by atoms with Gasteiger partial charge < -0.3 is 15.0 Å². The smallest absolute Gasteiger partial charge is 0.318 e. The molecule has 0 aromatic rings. The van der Waals surface area contributed by atoms with E-state index in [4.69, 9.17) is 4.74 Å². The van der Waals surface area contributed by atoms with Crippen LogP contribution in [0.1, 0.15) is 19.3 Å². The van der Waals surface area contributed by atoms with Crippen molar-refractivity contribution in [1.82, 2.24) is 15.5 Å². The number of rotatable bonds is 2. The van der Waals surface area contributed by atoms with E-state index in [1.54, 1.807) is 4.90 Å². The lowest BCUT2D eigenvalue weighted by Gasteiger charge is -2.39. The van der Waals surface area contributed by atoms with Crippen molar-refractivity contribution < 1.29 is 14.3 Å². The summed E-state index contributed by atoms with van der Waals surface area (Å²) < 4.78 is 4.77. The average Bonchev–Trinajstić information content (AvgIpc) is 2.38. The van der Waals surface area contributed by atoms with E-state index in [1.807, 2.05) is 0 Å². The number of amides is 2. The van der Waals surface area contributed by atoms with Crippen LogP contribution >= 0.6 is 0 Å². The third kappa shape index (κ3) is 2.69. The van der Waals surface area contributed by atoms with Crippen LogP contribution in [0.2, 0.25) is 0 Å². The molecule has 2 aliphatic heterocycles. The molecule has 0 bridgehead atoms. The summed E-state index contributed by atoms with van der Waals surface area (Å²) in [5, 5.41) is 6.10. The first-order valence-electron chi connectivity index (χ1n) is 6.08. The molecule has 2 unspecified atom stereocenters. The highest BCUT2D eigenvalue weighted by Crippen LogP contribution is 2.20. The molecule has 2 atom stereocenters. The van der Waals surface area contributed by atoms with Gasteiger partial charge in [-0.15, -0.1) is 0 Å². The minimum Gasteiger partial charge on any atom is -0.469 e. The molecule has 2 N–H and O–H groups in total. The summed E-state index contributed by atoms with van der Waals surface area (Å²) in [5.74, 6) is -0.269. The van der Waals surface area contributed by atoms with Gasteiger partial charge in [-0.05, 0) is 25.8 Å². The molecular formula is C11H19N3O3. The maximum Gasteiger partial charge on any atom is 0.318 e. The molecule has 0 aliphatic carbocycles. The van der Waals surface area contributed by atoms with E-state index in [0.717, 1.165) is 32.5 Å². The highest BCUT2D eigenvalue weighted by atomic mass is 16.5. The van der Waals surface area contributed by atoms with E-state index < -0.39 is 0 Å². The molecule has 2 aliphatic rings. The Morgan fingerprint density at radius 2 is 2.29 bits per heavy atom. The third-order valence-electron chi connectivity index (χ3n) is 3.40. The predicted octanol–water partition coefficient (Wildman–Crippen LogP) is -0.0996. The average molecular weight is 241 g/mol. The standard InChI is InChI=1S/C11H19N3O3/c1-17-10(15)8-3-5-12-9(7-8)14-6-2-4-13-11(14)16/h8-9,12H,2-7H2,1H3,(H,13,16). The van der Waals surface area contributed by atoms with Gasteiger partial charge in [0.15, 0.2) is 0 Å². The van der Waals surface area contributed by atoms with E-state index in [0.29, 0.717) is 6.42 Å². The molecule has 96 valence electrons. The second kappa shape index (κ2) is 5.35. The molecule has 0 aromatic carbocycles. The third-order valence-corrected chi connectivity index (χ3v) is 3.40. The quantitative estimate of drug-likeness (QED) is 0.662. The first-order valence-corrected chi connectivity index (χ1v) is 6.08. The normalized spacial score (nSPS) is 29.7. The number of carbonyl (C=O) groups is 2. The lowest BCUT2D eigenvalue weighted by atomic mass is 9.95. The molecule has 2 rings (SSSR count). The zero-order valence-electron chi connectivity index (χ0n) is 10.1. The fourth-order valence-electron chi connectivity index (χ4n) is 2.46. The molecule has 0 spiro atoms. The first kappa shape index (κ1) is 12.2. The van der Waals surface area contributed by atoms with Crippen LogP contribution in [0.15, 0.2) is 0 Å². The molecular weight excluding hydrogens is 222 g/mol. The van der Waals surface area contributed by atoms with Crippen molar-refractivity contribution >= 4 is 12.0 Å². The fourth-order valence-corrected chi connectivity index (χ4v) is 2.46. The number of nitrogens with zero attached hydrogens (tertiary/aromatic N) is 1. The summed E-state index contributed by atoms with van der Waals surface area (Å²) in [4.78, 5) is 25.0. The molecule has 0 saturated carbocycles. The van der Waals surface area contributed by atoms with Gasteiger partial charge in [-0.3, -0.25) is 10.1 Å². The van der Waals surface area contributed by atoms with Gasteiger partial charge in [0.1, 0.15) is 0 Å². The summed E-state index contributed by atoms with van der Waals surface area (Å²) in [6.45, 7) is 2.23. The van der Waals surface area contributed by atoms with Crippen molar-refractivity contribution in [2.75, 3.05) is 26.7 Å². The minimum absolute atomic E-state index is 0.0423. The van der Waals surface area contributed by atoms with E-state index in [9.17, 15) is 9.59 Å². The van der Waals surface area contributed by atoms with Crippen LogP contribution in [0.4, 0.5) is 4.79 Å². The molecule has 0 radical (unpaired) electrons. The number of piperidine rings is 1. The van der Waals surface area contributed by atoms with Gasteiger partial charge in [0.25, 0.3) is 0 Å². The molecule has 6 nitrogen and oxygen atoms in total. The molecule has 2 heterocycles. The van der Waals surface area contributed by atoms with E-state index in [1.165, 1.54) is 7.11 Å². The van der Waals surface area contributed by atoms with Crippen LogP contribution in [0, 0.1) is 5.92 Å². The Hall–Kier alpha value is -1.30. The predicted molar refractivity (Wildman–Crippen MR) is 61.3 cm³/mol. The van der Waals surface area contributed by atoms with Gasteiger partial charge in [-0.1, -0.05) is 0 Å². The Kier molecular flexibility index (Phi) is 3.83. The molecule has 17 heavy (non-hydrogen) atoms. The topological polar surface area (TPSA) is 70.7 Å². The van der Waals surface area contributed by atoms with Crippen LogP contribution in [-0.4, -0.2) is 49.8 Å². The molecule has 6 heteroatoms. The summed E-state index contributed by atoms with van der Waals surface area (Å²) in [7, 11) is 1.41. The maximum absolute atomic E-state index is 11.7. The second-order valence-electron chi connectivity index (χ2n) is 4.49. The largest absolute Gasteiger partial charge is 0.469 e. The van der Waals surface area contributed by atoms with Gasteiger partial charge in [-0.25, -0.2) is 4.79 Å². The Morgan fingerprint density at radius 1 is 1.47 bits per heavy atom. The Morgan fingerprint density at radius 3 is 3.00 bits per heavy atom. The van der Waals surface area contributed by atoms with Crippen molar-refractivity contribution in [1.29, 1.82) is 0 Å². The van der Waals surface area contributed by atoms with E-state index >= 15 is 0 Å². The van der Waals surface area contributed by atoms with Crippen molar-refractivity contribution in [3.05, 3.63) is 0 Å². The summed E-state index contributed by atoms with van der Waals surface area (Å²) >= 11 is 0. The molecule has 0 aromatic heterocycles. The number of hydrogen-bond donors (Lipinski definition) is 2. The van der Waals surface area contributed by atoms with Crippen LogP contribution in [0.25, 0.3) is 0 Å². The summed E-state index contributed by atoms with van der Waals surface area (Å²) in [6, 6.07) is -0.0423. The van der Waals surface area contributed by atoms with E-state index in [2.05, 4.69) is 10.6 Å². The Bertz CT molecular complexity index is 308. The maximum atomic E-state index is 11.7. The number of esters is 1. The zero-order chi connectivity index (χ0) is 12.3. The van der Waals surface area contributed by atoms with Gasteiger partial charge in [0.2, 0.25) is 0 Å². The number of nitrogens with one attached hydrogen (secondary N) is 2. The lowest BCUT2D eigenvalue weighted by Crippen LogP contribution is -2.58. The summed E-state index contributed by atoms with van der Waals surface area (Å²) in [5.41, 5.74) is 0. The van der Waals surface area contributed by atoms with Crippen LogP contribution in [0.5, 0.6) is 0 Å². The number of hydrogen-bond acceptors (Lipinski definition) is 4. The van der Waals surface area contributed by atoms with Crippen molar-refractivity contribution in [3.8, 4) is 0 Å². The van der Waals surface area contributed by atoms with Crippen molar-refractivity contribution in [2.24, 2.45) is 5.92 Å². The molecule has 2 amide bonds. The minimum atomic E-state index is -0.172. The van der Waals surface area contributed by atoms with Crippen molar-refractivity contribution in [3.63, 3.8) is 0 Å². The number of urea groups is 1. The fraction of sp³-hybridized carbons (Fsp3) is 0.818. The number of methoxy groups -OCH3 is 1. The van der Waals surface area contributed by atoms with Crippen LogP contribution in [-0.2, 0) is 9.53 Å². The number of ether oxygens (including phenoxy) is 1. The van der Waals surface area contributed by atoms with Gasteiger partial charge in [0.05, 0.1) is 19.2 Å². The highest BCUT2D eigenvalue weighted by Gasteiger charge is 2.33. The second-order valence-corrected chi connectivity index (χ2v) is 4.49. The SMILES string of the molecule is COC(=O)C1CCNC(N2CCCNC2=O)C1. The molecule has 2 saturated heterocycles. The Balaban J connectivity index is 1.96. The van der Waals surface area contributed by atoms with Gasteiger partial charge >= 0.3 is 12.0 Å². The molecule has 2 fully saturated rings. The van der Waals surface area contributed by atoms with Crippen molar-refractivity contribution in [2.45, 2.75) is 25.4 Å².